The first-order valence-electron chi connectivity index (χ1n) is 10.4. The summed E-state index contributed by atoms with van der Waals surface area (Å²) < 4.78 is 10.3. The number of carbonyl (C=O) groups excluding carboxylic acids is 2. The Morgan fingerprint density at radius 3 is 2.34 bits per heavy atom. The lowest BCUT2D eigenvalue weighted by molar-refractivity contribution is -0.133. The molecular weight excluding hydrogens is 408 g/mol. The Kier molecular flexibility index (Phi) is 8.33. The van der Waals surface area contributed by atoms with Crippen molar-refractivity contribution in [2.45, 2.75) is 19.4 Å². The largest absolute Gasteiger partial charge is 0.359 e. The van der Waals surface area contributed by atoms with E-state index in [1.807, 2.05) is 24.3 Å². The molecule has 2 atom stereocenters. The zero-order valence-electron chi connectivity index (χ0n) is 18.2. The summed E-state index contributed by atoms with van der Waals surface area (Å²) >= 11 is 0. The zero-order valence-corrected chi connectivity index (χ0v) is 18.2. The van der Waals surface area contributed by atoms with Crippen LogP contribution in [0.5, 0.6) is 0 Å². The first kappa shape index (κ1) is 23.4. The molecule has 0 bridgehead atoms. The van der Waals surface area contributed by atoms with Gasteiger partial charge in [0.1, 0.15) is 6.79 Å². The first-order valence-corrected chi connectivity index (χ1v) is 10.4. The van der Waals surface area contributed by atoms with Crippen molar-refractivity contribution in [2.24, 2.45) is 5.92 Å². The van der Waals surface area contributed by atoms with Gasteiger partial charge in [0, 0.05) is 18.6 Å². The molecule has 0 saturated carbocycles. The Bertz CT molecular complexity index is 1050. The van der Waals surface area contributed by atoms with Crippen LogP contribution in [0.15, 0.2) is 66.7 Å². The standard InChI is InChI=1S/C25H28N2O5/c1-17(24(28)27-30)13-23(15-32-16-31-2)26-25(29)20-10-7-19(8-11-20)22-12-9-18-5-3-4-6-21(18)14-22/h3-12,14,17,23,30H,13,15-16H2,1-2H3,(H,26,29)(H,27,28)/t17-,23-/m0/s1. The first-order chi connectivity index (χ1) is 15.5. The lowest BCUT2D eigenvalue weighted by Gasteiger charge is -2.21. The molecule has 0 spiro atoms. The van der Waals surface area contributed by atoms with Crippen LogP contribution < -0.4 is 10.8 Å². The number of carbonyl (C=O) groups is 2. The lowest BCUT2D eigenvalue weighted by Crippen LogP contribution is -2.41. The van der Waals surface area contributed by atoms with Crippen LogP contribution in [0, 0.1) is 5.92 Å². The summed E-state index contributed by atoms with van der Waals surface area (Å²) in [7, 11) is 1.51. The van der Waals surface area contributed by atoms with Gasteiger partial charge in [0.05, 0.1) is 12.6 Å². The highest BCUT2D eigenvalue weighted by Crippen LogP contribution is 2.24. The summed E-state index contributed by atoms with van der Waals surface area (Å²) in [6, 6.07) is 21.4. The maximum absolute atomic E-state index is 12.8. The second-order valence-corrected chi connectivity index (χ2v) is 7.70. The fourth-order valence-corrected chi connectivity index (χ4v) is 3.54. The van der Waals surface area contributed by atoms with Gasteiger partial charge in [-0.2, -0.15) is 0 Å². The number of fused-ring (bicyclic) bond motifs is 1. The van der Waals surface area contributed by atoms with Crippen molar-refractivity contribution in [1.29, 1.82) is 0 Å². The Hall–Kier alpha value is -3.26. The van der Waals surface area contributed by atoms with Crippen LogP contribution in [0.4, 0.5) is 0 Å². The molecule has 3 aromatic rings. The van der Waals surface area contributed by atoms with Crippen molar-refractivity contribution in [1.82, 2.24) is 10.8 Å². The average molecular weight is 437 g/mol. The van der Waals surface area contributed by atoms with Gasteiger partial charge in [-0.1, -0.05) is 55.5 Å². The van der Waals surface area contributed by atoms with E-state index in [-0.39, 0.29) is 19.3 Å². The molecule has 0 aliphatic carbocycles. The molecule has 7 nitrogen and oxygen atoms in total. The Labute approximate surface area is 187 Å². The number of hydrogen-bond donors (Lipinski definition) is 3. The number of hydroxylamine groups is 1. The van der Waals surface area contributed by atoms with Crippen LogP contribution in [0.3, 0.4) is 0 Å². The van der Waals surface area contributed by atoms with Gasteiger partial charge in [0.25, 0.3) is 5.91 Å². The average Bonchev–Trinajstić information content (AvgIpc) is 2.83. The van der Waals surface area contributed by atoms with E-state index < -0.39 is 17.9 Å². The van der Waals surface area contributed by atoms with E-state index in [0.29, 0.717) is 12.0 Å². The van der Waals surface area contributed by atoms with Crippen LogP contribution in [-0.4, -0.2) is 43.6 Å². The molecule has 32 heavy (non-hydrogen) atoms. The highest BCUT2D eigenvalue weighted by molar-refractivity contribution is 5.95. The zero-order chi connectivity index (χ0) is 22.9. The molecule has 0 aliphatic rings. The molecule has 0 unspecified atom stereocenters. The van der Waals surface area contributed by atoms with E-state index in [1.54, 1.807) is 24.5 Å². The van der Waals surface area contributed by atoms with Crippen molar-refractivity contribution < 1.29 is 24.3 Å². The van der Waals surface area contributed by atoms with E-state index >= 15 is 0 Å². The van der Waals surface area contributed by atoms with Crippen LogP contribution in [0.1, 0.15) is 23.7 Å². The molecule has 3 N–H and O–H groups in total. The molecule has 7 heteroatoms. The quantitative estimate of drug-likeness (QED) is 0.195. The number of hydrogen-bond acceptors (Lipinski definition) is 5. The Morgan fingerprint density at radius 1 is 0.969 bits per heavy atom. The van der Waals surface area contributed by atoms with Gasteiger partial charge in [-0.25, -0.2) is 5.48 Å². The topological polar surface area (TPSA) is 96.9 Å². The summed E-state index contributed by atoms with van der Waals surface area (Å²) in [4.78, 5) is 24.4. The molecule has 3 rings (SSSR count). The molecule has 2 amide bonds. The maximum Gasteiger partial charge on any atom is 0.251 e. The molecule has 0 radical (unpaired) electrons. The van der Waals surface area contributed by atoms with Crippen molar-refractivity contribution in [3.8, 4) is 11.1 Å². The van der Waals surface area contributed by atoms with E-state index in [2.05, 4.69) is 35.6 Å². The van der Waals surface area contributed by atoms with Crippen LogP contribution >= 0.6 is 0 Å². The second-order valence-electron chi connectivity index (χ2n) is 7.70. The number of ether oxygens (including phenoxy) is 2. The fraction of sp³-hybridized carbons (Fsp3) is 0.280. The van der Waals surface area contributed by atoms with E-state index in [0.717, 1.165) is 16.5 Å². The summed E-state index contributed by atoms with van der Waals surface area (Å²) in [6.45, 7) is 1.92. The van der Waals surface area contributed by atoms with Crippen molar-refractivity contribution in [2.75, 3.05) is 20.5 Å². The minimum Gasteiger partial charge on any atom is -0.359 e. The third-order valence-electron chi connectivity index (χ3n) is 5.28. The number of nitrogens with one attached hydrogen (secondary N) is 2. The Balaban J connectivity index is 1.69. The highest BCUT2D eigenvalue weighted by Gasteiger charge is 2.21. The van der Waals surface area contributed by atoms with Crippen molar-refractivity contribution >= 4 is 22.6 Å². The van der Waals surface area contributed by atoms with Gasteiger partial charge >= 0.3 is 0 Å². The SMILES string of the molecule is COCOC[C@H](C[C@H](C)C(=O)NO)NC(=O)c1ccc(-c2ccc3ccccc3c2)cc1. The third kappa shape index (κ3) is 6.13. The van der Waals surface area contributed by atoms with Crippen LogP contribution in [0.25, 0.3) is 21.9 Å². The fourth-order valence-electron chi connectivity index (χ4n) is 3.54. The van der Waals surface area contributed by atoms with Crippen LogP contribution in [0.2, 0.25) is 0 Å². The number of benzene rings is 3. The van der Waals surface area contributed by atoms with Gasteiger partial charge < -0.3 is 14.8 Å². The van der Waals surface area contributed by atoms with Gasteiger partial charge in [0.2, 0.25) is 5.91 Å². The van der Waals surface area contributed by atoms with E-state index in [1.165, 1.54) is 12.5 Å². The smallest absolute Gasteiger partial charge is 0.251 e. The normalized spacial score (nSPS) is 12.8. The van der Waals surface area contributed by atoms with E-state index in [9.17, 15) is 9.59 Å². The van der Waals surface area contributed by atoms with Gasteiger partial charge in [-0.15, -0.1) is 0 Å². The summed E-state index contributed by atoms with van der Waals surface area (Å²) in [6.07, 6.45) is 0.303. The summed E-state index contributed by atoms with van der Waals surface area (Å²) in [5.41, 5.74) is 4.23. The van der Waals surface area contributed by atoms with Gasteiger partial charge in [0.15, 0.2) is 0 Å². The molecule has 3 aromatic carbocycles. The van der Waals surface area contributed by atoms with Crippen molar-refractivity contribution in [3.63, 3.8) is 0 Å². The number of methoxy groups -OCH3 is 1. The predicted octanol–water partition coefficient (Wildman–Crippen LogP) is 3.76. The van der Waals surface area contributed by atoms with Gasteiger partial charge in [-0.05, 0) is 46.5 Å². The molecular formula is C25H28N2O5. The molecule has 0 aliphatic heterocycles. The van der Waals surface area contributed by atoms with E-state index in [4.69, 9.17) is 14.7 Å². The molecule has 0 saturated heterocycles. The minimum absolute atomic E-state index is 0.0768. The molecule has 0 fully saturated rings. The summed E-state index contributed by atoms with van der Waals surface area (Å²) in [5, 5.41) is 14.1. The minimum atomic E-state index is -0.518. The highest BCUT2D eigenvalue weighted by atomic mass is 16.7. The molecule has 168 valence electrons. The lowest BCUT2D eigenvalue weighted by atomic mass is 9.99. The maximum atomic E-state index is 12.8. The number of amides is 2. The predicted molar refractivity (Wildman–Crippen MR) is 122 cm³/mol. The Morgan fingerprint density at radius 2 is 1.66 bits per heavy atom. The molecule has 0 aromatic heterocycles. The second kappa shape index (κ2) is 11.4. The van der Waals surface area contributed by atoms with Crippen LogP contribution in [-0.2, 0) is 14.3 Å². The summed E-state index contributed by atoms with van der Waals surface area (Å²) in [5.74, 6) is -1.29. The third-order valence-corrected chi connectivity index (χ3v) is 5.28. The monoisotopic (exact) mass is 436 g/mol. The number of rotatable bonds is 10. The van der Waals surface area contributed by atoms with Gasteiger partial charge in [-0.3, -0.25) is 14.8 Å². The molecule has 0 heterocycles. The van der Waals surface area contributed by atoms with Crippen molar-refractivity contribution in [3.05, 3.63) is 72.3 Å².